The maximum absolute atomic E-state index is 9.34. The molecule has 2 N–H and O–H groups in total. The fourth-order valence-electron chi connectivity index (χ4n) is 2.75. The Hall–Kier alpha value is -3.02. The van der Waals surface area contributed by atoms with Crippen LogP contribution in [0.25, 0.3) is 0 Å². The molecule has 0 saturated heterocycles. The monoisotopic (exact) mass is 370 g/mol. The largest absolute Gasteiger partial charge is 0.494 e. The van der Waals surface area contributed by atoms with E-state index in [2.05, 4.69) is 10.3 Å². The quantitative estimate of drug-likeness (QED) is 0.360. The zero-order valence-corrected chi connectivity index (χ0v) is 15.8. The molecule has 0 amide bonds. The first-order valence-electron chi connectivity index (χ1n) is 9.10. The van der Waals surface area contributed by atoms with Gasteiger partial charge in [0.25, 0.3) is 0 Å². The summed E-state index contributed by atoms with van der Waals surface area (Å²) < 4.78 is 10.8. The fraction of sp³-hybridized carbons (Fsp3) is 0.333. The molecule has 0 heterocycles. The van der Waals surface area contributed by atoms with Gasteiger partial charge in [-0.05, 0) is 92.8 Å². The summed E-state index contributed by atoms with van der Waals surface area (Å²) in [5.74, 6) is 1.56. The van der Waals surface area contributed by atoms with Crippen molar-refractivity contribution in [3.63, 3.8) is 0 Å². The summed E-state index contributed by atoms with van der Waals surface area (Å²) in [5, 5.41) is 25.5. The number of hydrogen-bond donors (Lipinski definition) is 2. The van der Waals surface area contributed by atoms with E-state index in [-0.39, 0.29) is 0 Å². The summed E-state index contributed by atoms with van der Waals surface area (Å²) in [4.78, 5) is 0. The minimum Gasteiger partial charge on any atom is -0.494 e. The number of benzene rings is 2. The average Bonchev–Trinajstić information content (AvgIpc) is 2.70. The lowest BCUT2D eigenvalue weighted by Crippen LogP contribution is -2.06. The highest BCUT2D eigenvalue weighted by atomic mass is 16.5. The number of rotatable bonds is 10. The lowest BCUT2D eigenvalue weighted by molar-refractivity contribution is 0.317. The predicted octanol–water partition coefficient (Wildman–Crippen LogP) is 4.71. The van der Waals surface area contributed by atoms with Crippen LogP contribution in [-0.4, -0.2) is 35.1 Å². The van der Waals surface area contributed by atoms with Crippen LogP contribution in [0.4, 0.5) is 0 Å². The van der Waals surface area contributed by atoms with Crippen LogP contribution in [0.15, 0.2) is 58.8 Å². The molecule has 0 fully saturated rings. The van der Waals surface area contributed by atoms with Crippen molar-refractivity contribution >= 4 is 11.4 Å². The van der Waals surface area contributed by atoms with Crippen LogP contribution in [0.1, 0.15) is 44.2 Å². The van der Waals surface area contributed by atoms with Crippen LogP contribution in [-0.2, 0) is 0 Å². The van der Waals surface area contributed by atoms with Crippen LogP contribution >= 0.6 is 0 Å². The molecule has 0 bridgehead atoms. The van der Waals surface area contributed by atoms with Gasteiger partial charge in [0.2, 0.25) is 0 Å². The molecule has 0 aliphatic rings. The minimum absolute atomic E-state index is 0.556. The van der Waals surface area contributed by atoms with Gasteiger partial charge in [-0.25, -0.2) is 0 Å². The van der Waals surface area contributed by atoms with E-state index >= 15 is 0 Å². The molecule has 0 atom stereocenters. The number of ether oxygens (including phenoxy) is 2. The third-order valence-electron chi connectivity index (χ3n) is 4.07. The highest BCUT2D eigenvalue weighted by Gasteiger charge is 2.09. The molecule has 6 nitrogen and oxygen atoms in total. The van der Waals surface area contributed by atoms with E-state index < -0.39 is 0 Å². The molecule has 0 aliphatic carbocycles. The van der Waals surface area contributed by atoms with Crippen LogP contribution < -0.4 is 9.47 Å². The molecule has 2 aromatic rings. The molecule has 0 radical (unpaired) electrons. The Morgan fingerprint density at radius 3 is 1.37 bits per heavy atom. The van der Waals surface area contributed by atoms with Gasteiger partial charge in [0.05, 0.1) is 24.6 Å². The first-order valence-corrected chi connectivity index (χ1v) is 9.10. The van der Waals surface area contributed by atoms with Crippen molar-refractivity contribution in [2.24, 2.45) is 10.3 Å². The lowest BCUT2D eigenvalue weighted by atomic mass is 10.0. The molecular formula is C21H26N2O4. The maximum Gasteiger partial charge on any atom is 0.119 e. The predicted molar refractivity (Wildman–Crippen MR) is 106 cm³/mol. The summed E-state index contributed by atoms with van der Waals surface area (Å²) >= 11 is 0. The average molecular weight is 370 g/mol. The second-order valence-electron chi connectivity index (χ2n) is 5.86. The zero-order chi connectivity index (χ0) is 19.5. The van der Waals surface area contributed by atoms with Crippen LogP contribution in [0, 0.1) is 0 Å². The lowest BCUT2D eigenvalue weighted by Gasteiger charge is -2.09. The summed E-state index contributed by atoms with van der Waals surface area (Å²) in [6, 6.07) is 14.9. The van der Waals surface area contributed by atoms with Gasteiger partial charge >= 0.3 is 0 Å². The highest BCUT2D eigenvalue weighted by molar-refractivity contribution is 6.02. The summed E-state index contributed by atoms with van der Waals surface area (Å²) in [6.45, 7) is 5.07. The van der Waals surface area contributed by atoms with Crippen molar-refractivity contribution in [2.45, 2.75) is 33.1 Å². The van der Waals surface area contributed by atoms with E-state index in [1.54, 1.807) is 0 Å². The molecular weight excluding hydrogens is 344 g/mol. The van der Waals surface area contributed by atoms with Gasteiger partial charge in [-0.3, -0.25) is 0 Å². The Labute approximate surface area is 159 Å². The van der Waals surface area contributed by atoms with Crippen molar-refractivity contribution < 1.29 is 19.9 Å². The second kappa shape index (κ2) is 10.9. The van der Waals surface area contributed by atoms with E-state index in [4.69, 9.17) is 9.47 Å². The molecule has 0 unspecified atom stereocenters. The normalized spacial score (nSPS) is 12.1. The molecule has 2 aromatic carbocycles. The van der Waals surface area contributed by atoms with Gasteiger partial charge in [-0.15, -0.1) is 0 Å². The van der Waals surface area contributed by atoms with Crippen molar-refractivity contribution in [2.75, 3.05) is 13.2 Å². The molecule has 2 rings (SSSR count). The Balaban J connectivity index is 1.93. The van der Waals surface area contributed by atoms with Gasteiger partial charge in [-0.1, -0.05) is 10.3 Å². The highest BCUT2D eigenvalue weighted by Crippen LogP contribution is 2.17. The Kier molecular flexibility index (Phi) is 8.16. The van der Waals surface area contributed by atoms with E-state index in [9.17, 15) is 10.4 Å². The van der Waals surface area contributed by atoms with Gasteiger partial charge in [0.1, 0.15) is 11.5 Å². The Morgan fingerprint density at radius 1 is 0.704 bits per heavy atom. The molecule has 27 heavy (non-hydrogen) atoms. The topological polar surface area (TPSA) is 83.6 Å². The number of nitrogens with zero attached hydrogens (tertiary/aromatic N) is 2. The SMILES string of the molecule is CCOc1ccc(/C(CCC/C(=N\O)c2ccc(OCC)cc2)=N/O)cc1. The van der Waals surface area contributed by atoms with E-state index in [1.807, 2.05) is 62.4 Å². The molecule has 0 spiro atoms. The minimum atomic E-state index is 0.556. The van der Waals surface area contributed by atoms with E-state index in [1.165, 1.54) is 0 Å². The molecule has 0 saturated carbocycles. The van der Waals surface area contributed by atoms with E-state index in [0.717, 1.165) is 22.6 Å². The first kappa shape index (κ1) is 20.3. The second-order valence-corrected chi connectivity index (χ2v) is 5.86. The summed E-state index contributed by atoms with van der Waals surface area (Å²) in [7, 11) is 0. The first-order chi connectivity index (χ1) is 13.2. The van der Waals surface area contributed by atoms with Crippen LogP contribution in [0.2, 0.25) is 0 Å². The third kappa shape index (κ3) is 6.02. The standard InChI is InChI=1S/C21H26N2O4/c1-3-26-18-12-8-16(9-13-18)20(22-24)6-5-7-21(23-25)17-10-14-19(15-11-17)27-4-2/h8-15,24-25H,3-7H2,1-2H3/b22-20+,23-21+. The molecule has 6 heteroatoms. The molecule has 0 aromatic heterocycles. The summed E-state index contributed by atoms with van der Waals surface area (Å²) in [6.07, 6.45) is 1.79. The van der Waals surface area contributed by atoms with Crippen molar-refractivity contribution in [3.05, 3.63) is 59.7 Å². The van der Waals surface area contributed by atoms with Crippen LogP contribution in [0.3, 0.4) is 0 Å². The maximum atomic E-state index is 9.34. The Bertz CT molecular complexity index is 687. The summed E-state index contributed by atoms with van der Waals surface area (Å²) in [5.41, 5.74) is 2.85. The molecule has 0 aliphatic heterocycles. The number of hydrogen-bond acceptors (Lipinski definition) is 6. The fourth-order valence-corrected chi connectivity index (χ4v) is 2.75. The zero-order valence-electron chi connectivity index (χ0n) is 15.8. The van der Waals surface area contributed by atoms with Gasteiger partial charge in [-0.2, -0.15) is 0 Å². The smallest absolute Gasteiger partial charge is 0.119 e. The van der Waals surface area contributed by atoms with E-state index in [0.29, 0.717) is 43.9 Å². The van der Waals surface area contributed by atoms with Gasteiger partial charge < -0.3 is 19.9 Å². The van der Waals surface area contributed by atoms with Crippen molar-refractivity contribution in [3.8, 4) is 11.5 Å². The Morgan fingerprint density at radius 2 is 1.07 bits per heavy atom. The van der Waals surface area contributed by atoms with Gasteiger partial charge in [0.15, 0.2) is 0 Å². The van der Waals surface area contributed by atoms with Gasteiger partial charge in [0, 0.05) is 0 Å². The van der Waals surface area contributed by atoms with Crippen LogP contribution in [0.5, 0.6) is 11.5 Å². The van der Waals surface area contributed by atoms with Crippen molar-refractivity contribution in [1.29, 1.82) is 0 Å². The van der Waals surface area contributed by atoms with Crippen molar-refractivity contribution in [1.82, 2.24) is 0 Å². The third-order valence-corrected chi connectivity index (χ3v) is 4.07. The molecule has 144 valence electrons. The number of oxime groups is 2.